The Bertz CT molecular complexity index is 55.8. The lowest BCUT2D eigenvalue weighted by atomic mass is 10.7. The highest BCUT2D eigenvalue weighted by atomic mass is 35.5. The highest BCUT2D eigenvalue weighted by Crippen LogP contribution is 1.88. The van der Waals surface area contributed by atoms with Gasteiger partial charge in [-0.15, -0.1) is 11.6 Å². The van der Waals surface area contributed by atoms with Crippen LogP contribution >= 0.6 is 23.2 Å². The Labute approximate surface area is 46.7 Å². The van der Waals surface area contributed by atoms with Crippen LogP contribution in [0.4, 0.5) is 0 Å². The van der Waals surface area contributed by atoms with Crippen molar-refractivity contribution < 1.29 is 0 Å². The van der Waals surface area contributed by atoms with Gasteiger partial charge in [-0.1, -0.05) is 11.6 Å². The predicted octanol–water partition coefficient (Wildman–Crippen LogP) is 1.26. The molecule has 0 aliphatic rings. The normalized spacial score (nSPS) is 12.0. The Kier molecular flexibility index (Phi) is 3.38. The molecule has 0 amide bonds. The van der Waals surface area contributed by atoms with Gasteiger partial charge < -0.3 is 5.73 Å². The fraction of sp³-hybridized carbons (Fsp3) is 0.333. The van der Waals surface area contributed by atoms with Gasteiger partial charge in [0.25, 0.3) is 0 Å². The molecule has 0 aliphatic carbocycles. The Morgan fingerprint density at radius 2 is 2.33 bits per heavy atom. The number of hydrogen-bond acceptors (Lipinski definition) is 1. The molecule has 0 unspecified atom stereocenters. The molecule has 0 aromatic carbocycles. The first-order valence-corrected chi connectivity index (χ1v) is 2.35. The molecule has 0 heterocycles. The zero-order chi connectivity index (χ0) is 4.99. The van der Waals surface area contributed by atoms with E-state index in [0.717, 1.165) is 0 Å². The van der Waals surface area contributed by atoms with Crippen LogP contribution in [0.25, 0.3) is 0 Å². The maximum atomic E-state index is 5.16. The summed E-state index contributed by atoms with van der Waals surface area (Å²) < 4.78 is 0. The molecule has 0 spiro atoms. The lowest BCUT2D eigenvalue weighted by molar-refractivity contribution is 1.50. The maximum Gasteiger partial charge on any atom is 0.0963 e. The molecule has 0 radical (unpaired) electrons. The average molecular weight is 126 g/mol. The van der Waals surface area contributed by atoms with Gasteiger partial charge in [0.1, 0.15) is 0 Å². The van der Waals surface area contributed by atoms with Crippen molar-refractivity contribution in [3.8, 4) is 0 Å². The van der Waals surface area contributed by atoms with E-state index in [1.54, 1.807) is 0 Å². The number of hydrogen-bond donors (Lipinski definition) is 1. The highest BCUT2D eigenvalue weighted by Gasteiger charge is 1.72. The van der Waals surface area contributed by atoms with Crippen LogP contribution in [0.5, 0.6) is 0 Å². The van der Waals surface area contributed by atoms with Gasteiger partial charge in [-0.05, 0) is 6.08 Å². The van der Waals surface area contributed by atoms with Crippen molar-refractivity contribution in [2.24, 2.45) is 5.73 Å². The van der Waals surface area contributed by atoms with Crippen LogP contribution < -0.4 is 5.73 Å². The molecular formula is C3H5Cl2N. The van der Waals surface area contributed by atoms with Crippen LogP contribution in [-0.4, -0.2) is 5.88 Å². The second-order valence-corrected chi connectivity index (χ2v) is 1.49. The van der Waals surface area contributed by atoms with E-state index >= 15 is 0 Å². The summed E-state index contributed by atoms with van der Waals surface area (Å²) in [4.78, 5) is 0. The first-order valence-electron chi connectivity index (χ1n) is 1.44. The quantitative estimate of drug-likeness (QED) is 0.415. The van der Waals surface area contributed by atoms with E-state index in [0.29, 0.717) is 5.88 Å². The van der Waals surface area contributed by atoms with Gasteiger partial charge in [-0.3, -0.25) is 0 Å². The molecule has 0 bridgehead atoms. The first-order chi connectivity index (χ1) is 2.77. The van der Waals surface area contributed by atoms with Gasteiger partial charge in [0.2, 0.25) is 0 Å². The van der Waals surface area contributed by atoms with Gasteiger partial charge in [-0.2, -0.15) is 0 Å². The molecule has 0 saturated carbocycles. The second-order valence-electron chi connectivity index (χ2n) is 0.743. The van der Waals surface area contributed by atoms with Crippen molar-refractivity contribution in [2.75, 3.05) is 5.88 Å². The van der Waals surface area contributed by atoms with Crippen molar-refractivity contribution >= 4 is 23.2 Å². The maximum absolute atomic E-state index is 5.16. The van der Waals surface area contributed by atoms with Crippen LogP contribution in [0, 0.1) is 0 Å². The number of halogens is 2. The molecule has 36 valence electrons. The second kappa shape index (κ2) is 3.32. The summed E-state index contributed by atoms with van der Waals surface area (Å²) in [6.45, 7) is 0. The molecule has 0 aromatic heterocycles. The van der Waals surface area contributed by atoms with E-state index in [4.69, 9.17) is 28.9 Å². The average Bonchev–Trinajstić information content (AvgIpc) is 1.35. The van der Waals surface area contributed by atoms with Crippen molar-refractivity contribution in [1.29, 1.82) is 0 Å². The minimum Gasteiger partial charge on any atom is -0.390 e. The van der Waals surface area contributed by atoms with Crippen LogP contribution in [0.1, 0.15) is 0 Å². The zero-order valence-electron chi connectivity index (χ0n) is 3.12. The van der Waals surface area contributed by atoms with Crippen LogP contribution in [-0.2, 0) is 0 Å². The van der Waals surface area contributed by atoms with E-state index in [-0.39, 0.29) is 5.16 Å². The van der Waals surface area contributed by atoms with E-state index in [9.17, 15) is 0 Å². The Hall–Kier alpha value is 0.120. The number of allylic oxidation sites excluding steroid dienone is 1. The van der Waals surface area contributed by atoms with Crippen LogP contribution in [0.15, 0.2) is 11.2 Å². The Morgan fingerprint density at radius 3 is 2.33 bits per heavy atom. The van der Waals surface area contributed by atoms with E-state index in [1.165, 1.54) is 6.08 Å². The zero-order valence-corrected chi connectivity index (χ0v) is 4.63. The Balaban J connectivity index is 3.14. The summed E-state index contributed by atoms with van der Waals surface area (Å²) in [5.74, 6) is 0.384. The molecule has 1 nitrogen and oxygen atoms in total. The summed E-state index contributed by atoms with van der Waals surface area (Å²) in [6.07, 6.45) is 1.52. The highest BCUT2D eigenvalue weighted by molar-refractivity contribution is 6.29. The molecule has 6 heavy (non-hydrogen) atoms. The van der Waals surface area contributed by atoms with Gasteiger partial charge >= 0.3 is 0 Å². The molecule has 0 aliphatic heterocycles. The molecule has 0 aromatic rings. The fourth-order valence-electron chi connectivity index (χ4n) is 0.0737. The molecular weight excluding hydrogens is 121 g/mol. The summed E-state index contributed by atoms with van der Waals surface area (Å²) in [6, 6.07) is 0. The van der Waals surface area contributed by atoms with Crippen molar-refractivity contribution in [3.63, 3.8) is 0 Å². The smallest absolute Gasteiger partial charge is 0.0963 e. The largest absolute Gasteiger partial charge is 0.390 e. The first kappa shape index (κ1) is 6.12. The van der Waals surface area contributed by atoms with E-state index < -0.39 is 0 Å². The minimum atomic E-state index is 0.255. The predicted molar refractivity (Wildman–Crippen MR) is 28.8 cm³/mol. The number of alkyl halides is 1. The van der Waals surface area contributed by atoms with Gasteiger partial charge in [0.05, 0.1) is 5.16 Å². The summed E-state index contributed by atoms with van der Waals surface area (Å²) in [5.41, 5.74) is 4.95. The standard InChI is InChI=1S/C3H5Cl2N/c4-2-1-3(5)6/h1H,2,6H2. The van der Waals surface area contributed by atoms with Crippen molar-refractivity contribution in [3.05, 3.63) is 11.2 Å². The monoisotopic (exact) mass is 125 g/mol. The third-order valence-corrected chi connectivity index (χ3v) is 0.581. The van der Waals surface area contributed by atoms with Gasteiger partial charge in [0.15, 0.2) is 0 Å². The molecule has 2 N–H and O–H groups in total. The van der Waals surface area contributed by atoms with Crippen LogP contribution in [0.3, 0.4) is 0 Å². The van der Waals surface area contributed by atoms with E-state index in [1.807, 2.05) is 0 Å². The fourth-order valence-corrected chi connectivity index (χ4v) is 0.396. The SMILES string of the molecule is NC(Cl)=CCCl. The molecule has 0 rings (SSSR count). The minimum absolute atomic E-state index is 0.255. The molecule has 3 heteroatoms. The third-order valence-electron chi connectivity index (χ3n) is 0.272. The lowest BCUT2D eigenvalue weighted by Gasteiger charge is -1.77. The van der Waals surface area contributed by atoms with Crippen molar-refractivity contribution in [1.82, 2.24) is 0 Å². The third kappa shape index (κ3) is 4.12. The van der Waals surface area contributed by atoms with Crippen LogP contribution in [0.2, 0.25) is 0 Å². The summed E-state index contributed by atoms with van der Waals surface area (Å²) >= 11 is 10.3. The molecule has 0 atom stereocenters. The Morgan fingerprint density at radius 1 is 1.83 bits per heavy atom. The topological polar surface area (TPSA) is 26.0 Å². The molecule has 0 fully saturated rings. The summed E-state index contributed by atoms with van der Waals surface area (Å²) in [7, 11) is 0. The van der Waals surface area contributed by atoms with E-state index in [2.05, 4.69) is 0 Å². The van der Waals surface area contributed by atoms with Gasteiger partial charge in [0, 0.05) is 5.88 Å². The lowest BCUT2D eigenvalue weighted by Crippen LogP contribution is -1.85. The summed E-state index contributed by atoms with van der Waals surface area (Å²) in [5, 5.41) is 0.255. The number of rotatable bonds is 1. The van der Waals surface area contributed by atoms with Gasteiger partial charge in [-0.25, -0.2) is 0 Å². The van der Waals surface area contributed by atoms with Crippen molar-refractivity contribution in [2.45, 2.75) is 0 Å². The molecule has 0 saturated heterocycles. The number of nitrogens with two attached hydrogens (primary N) is 1.